The zero-order chi connectivity index (χ0) is 25.3. The topological polar surface area (TPSA) is 226 Å². The highest BCUT2D eigenvalue weighted by molar-refractivity contribution is 6.44. The molecule has 13 heteroatoms. The maximum atomic E-state index is 13.4. The first-order valence-corrected chi connectivity index (χ1v) is 10.5. The van der Waals surface area contributed by atoms with Crippen LogP contribution in [-0.4, -0.2) is 69.9 Å². The van der Waals surface area contributed by atoms with Crippen LogP contribution >= 0.6 is 0 Å². The Balaban J connectivity index is 3.18. The van der Waals surface area contributed by atoms with Crippen molar-refractivity contribution in [2.24, 2.45) is 17.4 Å². The van der Waals surface area contributed by atoms with Crippen LogP contribution in [0.15, 0.2) is 0 Å². The highest BCUT2D eigenvalue weighted by atomic mass is 16.4. The van der Waals surface area contributed by atoms with Crippen molar-refractivity contribution < 1.29 is 33.9 Å². The summed E-state index contributed by atoms with van der Waals surface area (Å²) in [5, 5.41) is 20.9. The Kier molecular flexibility index (Phi) is 10.6. The molecule has 0 saturated carbocycles. The zero-order valence-corrected chi connectivity index (χ0v) is 18.7. The molecular formula is C20H31N6O7. The Morgan fingerprint density at radius 2 is 1.82 bits per heavy atom. The van der Waals surface area contributed by atoms with Crippen molar-refractivity contribution in [1.29, 1.82) is 5.41 Å². The number of carbonyl (C=O) groups is 6. The minimum absolute atomic E-state index is 0.0788. The van der Waals surface area contributed by atoms with Gasteiger partial charge in [-0.05, 0) is 25.2 Å². The number of imide groups is 1. The summed E-state index contributed by atoms with van der Waals surface area (Å²) in [5.41, 5.74) is 10.8. The summed E-state index contributed by atoms with van der Waals surface area (Å²) in [4.78, 5) is 74.7. The lowest BCUT2D eigenvalue weighted by atomic mass is 9.98. The van der Waals surface area contributed by atoms with Gasteiger partial charge < -0.3 is 27.2 Å². The number of carboxylic acid groups (broad SMARTS) is 1. The third kappa shape index (κ3) is 8.60. The second kappa shape index (κ2) is 12.6. The molecule has 2 atom stereocenters. The average Bonchev–Trinajstić information content (AvgIpc) is 2.80. The largest absolute Gasteiger partial charge is 0.481 e. The molecule has 0 unspecified atom stereocenters. The van der Waals surface area contributed by atoms with Crippen LogP contribution in [0.4, 0.5) is 0 Å². The number of ketones is 2. The van der Waals surface area contributed by atoms with Gasteiger partial charge in [-0.15, -0.1) is 0 Å². The van der Waals surface area contributed by atoms with E-state index in [1.807, 2.05) is 0 Å². The van der Waals surface area contributed by atoms with E-state index in [0.717, 1.165) is 0 Å². The van der Waals surface area contributed by atoms with Gasteiger partial charge in [0.05, 0.1) is 12.5 Å². The monoisotopic (exact) mass is 467 g/mol. The second-order valence-electron chi connectivity index (χ2n) is 8.11. The summed E-state index contributed by atoms with van der Waals surface area (Å²) in [5.74, 6) is -6.05. The Morgan fingerprint density at radius 1 is 1.18 bits per heavy atom. The van der Waals surface area contributed by atoms with Gasteiger partial charge in [0.15, 0.2) is 5.96 Å². The third-order valence-corrected chi connectivity index (χ3v) is 4.78. The minimum Gasteiger partial charge on any atom is -0.481 e. The number of amides is 3. The van der Waals surface area contributed by atoms with E-state index in [1.165, 1.54) is 0 Å². The normalized spacial score (nSPS) is 16.8. The molecule has 183 valence electrons. The van der Waals surface area contributed by atoms with Gasteiger partial charge in [0.1, 0.15) is 12.1 Å². The number of guanidine groups is 1. The smallest absolute Gasteiger partial charge is 0.305 e. The molecule has 0 aromatic heterocycles. The van der Waals surface area contributed by atoms with Crippen molar-refractivity contribution in [2.45, 2.75) is 64.5 Å². The van der Waals surface area contributed by atoms with Crippen LogP contribution in [0.25, 0.3) is 0 Å². The molecule has 1 heterocycles. The van der Waals surface area contributed by atoms with E-state index >= 15 is 0 Å². The van der Waals surface area contributed by atoms with Crippen LogP contribution in [0.2, 0.25) is 0 Å². The Hall–Kier alpha value is -3.35. The Morgan fingerprint density at radius 3 is 2.36 bits per heavy atom. The lowest BCUT2D eigenvalue weighted by Crippen LogP contribution is -2.55. The predicted molar refractivity (Wildman–Crippen MR) is 115 cm³/mol. The van der Waals surface area contributed by atoms with E-state index in [4.69, 9.17) is 22.0 Å². The van der Waals surface area contributed by atoms with E-state index in [9.17, 15) is 28.8 Å². The van der Waals surface area contributed by atoms with Crippen LogP contribution < -0.4 is 22.1 Å². The van der Waals surface area contributed by atoms with Gasteiger partial charge in [0, 0.05) is 19.4 Å². The van der Waals surface area contributed by atoms with Crippen molar-refractivity contribution in [2.75, 3.05) is 6.54 Å². The highest BCUT2D eigenvalue weighted by Crippen LogP contribution is 2.25. The van der Waals surface area contributed by atoms with Gasteiger partial charge in [-0.2, -0.15) is 0 Å². The van der Waals surface area contributed by atoms with E-state index in [0.29, 0.717) is 4.90 Å². The van der Waals surface area contributed by atoms with Crippen LogP contribution in [0.3, 0.4) is 0 Å². The number of carbonyl (C=O) groups excluding carboxylic acids is 5. The standard InChI is InChI=1S/C20H31N6O7/c1-10(2)8-12(25-18(32)11(21)9-16(29)30)19(33)26-13(4-3-7-24-20(22)23)17(31)14(27)5-6-15(26)28/h10-12H,3-9,21H2,1-2H3,(H,25,32)(H,29,30)(H4,22,23,24)/t11-,12-/m0/s1. The number of nitrogens with one attached hydrogen (secondary N) is 3. The van der Waals surface area contributed by atoms with E-state index in [2.05, 4.69) is 10.6 Å². The summed E-state index contributed by atoms with van der Waals surface area (Å²) in [6, 6.07) is -3.00. The summed E-state index contributed by atoms with van der Waals surface area (Å²) in [7, 11) is 0. The first-order chi connectivity index (χ1) is 15.3. The summed E-state index contributed by atoms with van der Waals surface area (Å²) in [6.07, 6.45) is -1.22. The fraction of sp³-hybridized carbons (Fsp3) is 0.600. The third-order valence-electron chi connectivity index (χ3n) is 4.78. The molecule has 1 radical (unpaired) electrons. The molecule has 0 aromatic rings. The lowest BCUT2D eigenvalue weighted by Gasteiger charge is -2.31. The summed E-state index contributed by atoms with van der Waals surface area (Å²) in [6.45, 7) is 3.69. The molecule has 13 nitrogen and oxygen atoms in total. The van der Waals surface area contributed by atoms with E-state index < -0.39 is 53.8 Å². The number of carboxylic acids is 1. The van der Waals surface area contributed by atoms with Gasteiger partial charge in [0.25, 0.3) is 5.91 Å². The minimum atomic E-state index is -1.42. The average molecular weight is 468 g/mol. The molecule has 1 aliphatic heterocycles. The molecule has 0 spiro atoms. The number of likely N-dealkylation sites (tertiary alicyclic amines) is 1. The maximum absolute atomic E-state index is 13.4. The first-order valence-electron chi connectivity index (χ1n) is 10.5. The number of Topliss-reactive ketones (excluding diaryl/α,β-unsaturated/α-hetero) is 2. The fourth-order valence-corrected chi connectivity index (χ4v) is 3.23. The molecular weight excluding hydrogens is 436 g/mol. The molecule has 3 amide bonds. The molecule has 0 bridgehead atoms. The molecule has 33 heavy (non-hydrogen) atoms. The van der Waals surface area contributed by atoms with Crippen molar-refractivity contribution in [3.63, 3.8) is 0 Å². The molecule has 1 aliphatic rings. The van der Waals surface area contributed by atoms with E-state index in [1.54, 1.807) is 13.8 Å². The van der Waals surface area contributed by atoms with Gasteiger partial charge >= 0.3 is 5.97 Å². The quantitative estimate of drug-likeness (QED) is 0.0882. The summed E-state index contributed by atoms with van der Waals surface area (Å²) >= 11 is 0. The first kappa shape index (κ1) is 27.7. The number of hydrogen-bond acceptors (Lipinski definition) is 8. The van der Waals surface area contributed by atoms with Crippen molar-refractivity contribution in [1.82, 2.24) is 15.5 Å². The number of nitrogens with zero attached hydrogens (tertiary/aromatic N) is 1. The zero-order valence-electron chi connectivity index (χ0n) is 18.7. The lowest BCUT2D eigenvalue weighted by molar-refractivity contribution is -0.149. The number of hydrogen-bond donors (Lipinski definition) is 6. The number of rotatable bonds is 11. The van der Waals surface area contributed by atoms with Gasteiger partial charge in [-0.25, -0.2) is 0 Å². The Bertz CT molecular complexity index is 813. The summed E-state index contributed by atoms with van der Waals surface area (Å²) < 4.78 is 0. The number of nitrogens with two attached hydrogens (primary N) is 2. The Labute approximate surface area is 191 Å². The van der Waals surface area contributed by atoms with Crippen molar-refractivity contribution in [3.05, 3.63) is 6.04 Å². The molecule has 0 aliphatic carbocycles. The molecule has 1 rings (SSSR count). The van der Waals surface area contributed by atoms with Crippen LogP contribution in [0.1, 0.15) is 52.4 Å². The van der Waals surface area contributed by atoms with Crippen LogP contribution in [-0.2, 0) is 28.8 Å². The van der Waals surface area contributed by atoms with E-state index in [-0.39, 0.29) is 56.6 Å². The predicted octanol–water partition coefficient (Wildman–Crippen LogP) is -1.60. The van der Waals surface area contributed by atoms with Crippen LogP contribution in [0.5, 0.6) is 0 Å². The molecule has 0 aromatic carbocycles. The SMILES string of the molecule is CC(C)C[C@H](NC(=O)[C@@H](N)CC(=O)O)C(=O)N1[C](CCCNC(=N)N)C(=O)C(=O)CCC1=O. The maximum Gasteiger partial charge on any atom is 0.305 e. The highest BCUT2D eigenvalue weighted by Gasteiger charge is 2.43. The van der Waals surface area contributed by atoms with Crippen molar-refractivity contribution in [3.8, 4) is 0 Å². The second-order valence-corrected chi connectivity index (χ2v) is 8.11. The van der Waals surface area contributed by atoms with Crippen LogP contribution in [0, 0.1) is 17.4 Å². The fourth-order valence-electron chi connectivity index (χ4n) is 3.23. The molecule has 8 N–H and O–H groups in total. The van der Waals surface area contributed by atoms with Gasteiger partial charge in [-0.1, -0.05) is 13.8 Å². The number of aliphatic carboxylic acids is 1. The van der Waals surface area contributed by atoms with Crippen molar-refractivity contribution >= 4 is 41.2 Å². The molecule has 1 saturated heterocycles. The van der Waals surface area contributed by atoms with Gasteiger partial charge in [-0.3, -0.25) is 39.1 Å². The molecule has 1 fully saturated rings. The van der Waals surface area contributed by atoms with Gasteiger partial charge in [0.2, 0.25) is 23.4 Å².